The Morgan fingerprint density at radius 1 is 1.45 bits per heavy atom. The maximum atomic E-state index is 11.6. The molecule has 0 atom stereocenters. The third kappa shape index (κ3) is 2.42. The fourth-order valence-corrected chi connectivity index (χ4v) is 2.47. The number of amides is 1. The number of benzene rings is 1. The summed E-state index contributed by atoms with van der Waals surface area (Å²) in [4.78, 5) is 16.4. The number of hydrogen-bond acceptors (Lipinski definition) is 2. The quantitative estimate of drug-likeness (QED) is 0.929. The van der Waals surface area contributed by atoms with Crippen LogP contribution in [0.4, 0.5) is 0 Å². The van der Waals surface area contributed by atoms with Gasteiger partial charge in [-0.3, -0.25) is 4.79 Å². The van der Waals surface area contributed by atoms with Crippen molar-refractivity contribution in [3.63, 3.8) is 0 Å². The fourth-order valence-electron chi connectivity index (χ4n) is 2.47. The third-order valence-electron chi connectivity index (χ3n) is 3.91. The van der Waals surface area contributed by atoms with Gasteiger partial charge in [0, 0.05) is 25.4 Å². The van der Waals surface area contributed by atoms with Gasteiger partial charge in [-0.25, -0.2) is 4.98 Å². The number of aromatic nitrogens is 2. The first-order valence-electron chi connectivity index (χ1n) is 7.29. The molecule has 0 saturated heterocycles. The lowest BCUT2D eigenvalue weighted by molar-refractivity contribution is -0.124. The molecule has 1 saturated carbocycles. The number of nitrogens with one attached hydrogen (secondary N) is 1. The monoisotopic (exact) mass is 271 g/mol. The molecule has 4 heteroatoms. The molecule has 1 aromatic heterocycles. The molecule has 1 aliphatic carbocycles. The molecule has 2 aromatic rings. The Morgan fingerprint density at radius 2 is 2.20 bits per heavy atom. The molecule has 0 bridgehead atoms. The van der Waals surface area contributed by atoms with Gasteiger partial charge in [-0.1, -0.05) is 19.9 Å². The molecule has 3 rings (SSSR count). The maximum Gasteiger partial charge on any atom is 0.222 e. The van der Waals surface area contributed by atoms with Crippen molar-refractivity contribution in [2.45, 2.75) is 39.2 Å². The van der Waals surface area contributed by atoms with E-state index in [2.05, 4.69) is 35.1 Å². The second-order valence-corrected chi connectivity index (χ2v) is 6.00. The van der Waals surface area contributed by atoms with Crippen LogP contribution in [0.1, 0.15) is 44.0 Å². The molecule has 4 nitrogen and oxygen atoms in total. The van der Waals surface area contributed by atoms with Gasteiger partial charge in [-0.15, -0.1) is 0 Å². The van der Waals surface area contributed by atoms with E-state index in [1.54, 1.807) is 0 Å². The zero-order valence-corrected chi connectivity index (χ0v) is 12.3. The smallest absolute Gasteiger partial charge is 0.222 e. The van der Waals surface area contributed by atoms with Gasteiger partial charge in [0.15, 0.2) is 0 Å². The van der Waals surface area contributed by atoms with Crippen molar-refractivity contribution in [1.82, 2.24) is 14.9 Å². The molecule has 0 radical (unpaired) electrons. The van der Waals surface area contributed by atoms with E-state index < -0.39 is 0 Å². The largest absolute Gasteiger partial charge is 0.352 e. The number of carbonyl (C=O) groups is 1. The van der Waals surface area contributed by atoms with Gasteiger partial charge in [0.1, 0.15) is 5.82 Å². The van der Waals surface area contributed by atoms with Crippen LogP contribution in [0.15, 0.2) is 18.2 Å². The average molecular weight is 271 g/mol. The Morgan fingerprint density at radius 3 is 2.85 bits per heavy atom. The summed E-state index contributed by atoms with van der Waals surface area (Å²) >= 11 is 0. The first-order valence-corrected chi connectivity index (χ1v) is 7.29. The van der Waals surface area contributed by atoms with Gasteiger partial charge >= 0.3 is 0 Å². The number of nitrogens with zero attached hydrogens (tertiary/aromatic N) is 2. The molecule has 20 heavy (non-hydrogen) atoms. The Kier molecular flexibility index (Phi) is 3.24. The van der Waals surface area contributed by atoms with Crippen LogP contribution in [-0.4, -0.2) is 15.5 Å². The summed E-state index contributed by atoms with van der Waals surface area (Å²) < 4.78 is 2.20. The number of aryl methyl sites for hydroxylation is 1. The lowest BCUT2D eigenvalue weighted by Crippen LogP contribution is -2.27. The highest BCUT2D eigenvalue weighted by Gasteiger charge is 2.28. The number of fused-ring (bicyclic) bond motifs is 1. The summed E-state index contributed by atoms with van der Waals surface area (Å²) in [5.41, 5.74) is 3.31. The van der Waals surface area contributed by atoms with Crippen LogP contribution in [0.2, 0.25) is 0 Å². The molecule has 1 fully saturated rings. The first kappa shape index (κ1) is 13.2. The second-order valence-electron chi connectivity index (χ2n) is 6.00. The zero-order valence-electron chi connectivity index (χ0n) is 12.3. The predicted molar refractivity (Wildman–Crippen MR) is 79.4 cm³/mol. The third-order valence-corrected chi connectivity index (χ3v) is 3.91. The highest BCUT2D eigenvalue weighted by Crippen LogP contribution is 2.40. The highest BCUT2D eigenvalue weighted by molar-refractivity contribution is 5.79. The summed E-state index contributed by atoms with van der Waals surface area (Å²) in [6, 6.07) is 6.26. The van der Waals surface area contributed by atoms with E-state index >= 15 is 0 Å². The van der Waals surface area contributed by atoms with Gasteiger partial charge in [0.05, 0.1) is 11.0 Å². The average Bonchev–Trinajstić information content (AvgIpc) is 3.21. The normalized spacial score (nSPS) is 15.0. The van der Waals surface area contributed by atoms with Crippen molar-refractivity contribution in [1.29, 1.82) is 0 Å². The van der Waals surface area contributed by atoms with E-state index in [0.29, 0.717) is 12.5 Å². The number of hydrogen-bond donors (Lipinski definition) is 1. The zero-order chi connectivity index (χ0) is 14.3. The SMILES string of the molecule is CC(C)C(=O)NCc1ccc2c(c1)nc(C1CC1)n2C. The number of imidazole rings is 1. The molecule has 1 aliphatic rings. The molecular formula is C16H21N3O. The summed E-state index contributed by atoms with van der Waals surface area (Å²) in [6.45, 7) is 4.38. The van der Waals surface area contributed by atoms with Crippen molar-refractivity contribution in [2.24, 2.45) is 13.0 Å². The van der Waals surface area contributed by atoms with Crippen LogP contribution in [0.5, 0.6) is 0 Å². The molecule has 1 heterocycles. The van der Waals surface area contributed by atoms with Crippen molar-refractivity contribution >= 4 is 16.9 Å². The highest BCUT2D eigenvalue weighted by atomic mass is 16.1. The summed E-state index contributed by atoms with van der Waals surface area (Å²) in [5, 5.41) is 2.95. The predicted octanol–water partition coefficient (Wildman–Crippen LogP) is 2.72. The summed E-state index contributed by atoms with van der Waals surface area (Å²) in [7, 11) is 2.09. The van der Waals surface area contributed by atoms with Crippen LogP contribution >= 0.6 is 0 Å². The molecule has 1 N–H and O–H groups in total. The van der Waals surface area contributed by atoms with Gasteiger partial charge in [-0.05, 0) is 30.5 Å². The van der Waals surface area contributed by atoms with E-state index in [1.165, 1.54) is 24.2 Å². The van der Waals surface area contributed by atoms with Gasteiger partial charge < -0.3 is 9.88 Å². The molecule has 1 aromatic carbocycles. The molecular weight excluding hydrogens is 250 g/mol. The Hall–Kier alpha value is -1.84. The van der Waals surface area contributed by atoms with E-state index in [4.69, 9.17) is 4.98 Å². The Bertz CT molecular complexity index is 653. The van der Waals surface area contributed by atoms with Crippen molar-refractivity contribution in [3.8, 4) is 0 Å². The van der Waals surface area contributed by atoms with Crippen molar-refractivity contribution < 1.29 is 4.79 Å². The Labute approximate surface area is 119 Å². The van der Waals surface area contributed by atoms with Crippen LogP contribution in [0.3, 0.4) is 0 Å². The maximum absolute atomic E-state index is 11.6. The van der Waals surface area contributed by atoms with Gasteiger partial charge in [-0.2, -0.15) is 0 Å². The van der Waals surface area contributed by atoms with Gasteiger partial charge in [0.25, 0.3) is 0 Å². The summed E-state index contributed by atoms with van der Waals surface area (Å²) in [5.74, 6) is 1.96. The van der Waals surface area contributed by atoms with Crippen LogP contribution in [0.25, 0.3) is 11.0 Å². The molecule has 0 spiro atoms. The first-order chi connectivity index (χ1) is 9.56. The van der Waals surface area contributed by atoms with Gasteiger partial charge in [0.2, 0.25) is 5.91 Å². The Balaban J connectivity index is 1.81. The lowest BCUT2D eigenvalue weighted by Gasteiger charge is -2.07. The summed E-state index contributed by atoms with van der Waals surface area (Å²) in [6.07, 6.45) is 2.52. The van der Waals surface area contributed by atoms with E-state index in [-0.39, 0.29) is 11.8 Å². The van der Waals surface area contributed by atoms with E-state index in [0.717, 1.165) is 11.1 Å². The van der Waals surface area contributed by atoms with E-state index in [9.17, 15) is 4.79 Å². The molecule has 1 amide bonds. The van der Waals surface area contributed by atoms with Crippen molar-refractivity contribution in [2.75, 3.05) is 0 Å². The molecule has 106 valence electrons. The minimum atomic E-state index is 0.0232. The van der Waals surface area contributed by atoms with Crippen LogP contribution in [0, 0.1) is 5.92 Å². The standard InChI is InChI=1S/C16H21N3O/c1-10(2)16(20)17-9-11-4-7-14-13(8-11)18-15(19(14)3)12-5-6-12/h4,7-8,10,12H,5-6,9H2,1-3H3,(H,17,20). The number of carbonyl (C=O) groups excluding carboxylic acids is 1. The lowest BCUT2D eigenvalue weighted by atomic mass is 10.1. The van der Waals surface area contributed by atoms with Crippen molar-refractivity contribution in [3.05, 3.63) is 29.6 Å². The minimum absolute atomic E-state index is 0.0232. The van der Waals surface area contributed by atoms with E-state index in [1.807, 2.05) is 13.8 Å². The fraction of sp³-hybridized carbons (Fsp3) is 0.500. The van der Waals surface area contributed by atoms with Crippen LogP contribution in [-0.2, 0) is 18.4 Å². The topological polar surface area (TPSA) is 46.9 Å². The second kappa shape index (κ2) is 4.93. The minimum Gasteiger partial charge on any atom is -0.352 e. The molecule has 0 aliphatic heterocycles. The molecule has 0 unspecified atom stereocenters. The van der Waals surface area contributed by atoms with Crippen LogP contribution < -0.4 is 5.32 Å². The number of rotatable bonds is 4.